The number of nitrogens with one attached hydrogen (secondary N) is 1. The minimum atomic E-state index is -1.12. The van der Waals surface area contributed by atoms with E-state index >= 15 is 0 Å². The van der Waals surface area contributed by atoms with Gasteiger partial charge in [-0.3, -0.25) is 9.59 Å². The summed E-state index contributed by atoms with van der Waals surface area (Å²) in [4.78, 5) is 23.4. The third-order valence-corrected chi connectivity index (χ3v) is 4.52. The van der Waals surface area contributed by atoms with Crippen molar-refractivity contribution in [1.29, 1.82) is 0 Å². The number of carbonyl (C=O) groups is 2. The zero-order valence-corrected chi connectivity index (χ0v) is 15.3. The Bertz CT molecular complexity index is 636. The highest BCUT2D eigenvalue weighted by atomic mass is 35.5. The fraction of sp³-hybridized carbons (Fsp3) is 0.556. The highest BCUT2D eigenvalue weighted by Gasteiger charge is 2.24. The highest BCUT2D eigenvalue weighted by Crippen LogP contribution is 2.23. The standard InChI is InChI=1S/C18H23ClFNO5/c1-11(26-10-13-4-2-3-7-25-13)18(24)21-16(9-17(22)23)12-5-6-14(19)15(20)8-12/h5-6,8,11,13,16H,2-4,7,9-10H2,1H3,(H,21,24)(H,22,23). The molecule has 144 valence electrons. The van der Waals surface area contributed by atoms with Crippen molar-refractivity contribution in [3.63, 3.8) is 0 Å². The number of ether oxygens (including phenoxy) is 2. The largest absolute Gasteiger partial charge is 0.481 e. The molecule has 0 saturated carbocycles. The van der Waals surface area contributed by atoms with Crippen LogP contribution in [0.3, 0.4) is 0 Å². The van der Waals surface area contributed by atoms with Gasteiger partial charge in [0.15, 0.2) is 0 Å². The van der Waals surface area contributed by atoms with Gasteiger partial charge in [0.25, 0.3) is 0 Å². The van der Waals surface area contributed by atoms with E-state index in [0.29, 0.717) is 18.8 Å². The van der Waals surface area contributed by atoms with Crippen LogP contribution in [0.4, 0.5) is 4.39 Å². The van der Waals surface area contributed by atoms with E-state index in [2.05, 4.69) is 5.32 Å². The maximum absolute atomic E-state index is 13.7. The molecule has 1 fully saturated rings. The van der Waals surface area contributed by atoms with Crippen molar-refractivity contribution in [2.24, 2.45) is 0 Å². The second-order valence-electron chi connectivity index (χ2n) is 6.30. The van der Waals surface area contributed by atoms with Crippen molar-refractivity contribution in [2.75, 3.05) is 13.2 Å². The van der Waals surface area contributed by atoms with Gasteiger partial charge in [0.2, 0.25) is 5.91 Å². The number of benzene rings is 1. The predicted octanol–water partition coefficient (Wildman–Crippen LogP) is 3.09. The highest BCUT2D eigenvalue weighted by molar-refractivity contribution is 6.30. The van der Waals surface area contributed by atoms with Crippen molar-refractivity contribution in [3.05, 3.63) is 34.6 Å². The minimum Gasteiger partial charge on any atom is -0.481 e. The monoisotopic (exact) mass is 387 g/mol. The van der Waals surface area contributed by atoms with Crippen molar-refractivity contribution in [1.82, 2.24) is 5.32 Å². The van der Waals surface area contributed by atoms with E-state index in [1.807, 2.05) is 0 Å². The molecule has 1 heterocycles. The van der Waals surface area contributed by atoms with Gasteiger partial charge in [-0.2, -0.15) is 0 Å². The summed E-state index contributed by atoms with van der Waals surface area (Å²) in [6.07, 6.45) is 1.79. The van der Waals surface area contributed by atoms with E-state index < -0.39 is 29.8 Å². The van der Waals surface area contributed by atoms with Gasteiger partial charge in [-0.15, -0.1) is 0 Å². The normalized spacial score (nSPS) is 19.6. The molecule has 1 aromatic carbocycles. The molecule has 1 amide bonds. The van der Waals surface area contributed by atoms with Gasteiger partial charge in [0.1, 0.15) is 11.9 Å². The van der Waals surface area contributed by atoms with Crippen molar-refractivity contribution in [2.45, 2.75) is 50.9 Å². The number of aliphatic carboxylic acids is 1. The number of hydrogen-bond donors (Lipinski definition) is 2. The van der Waals surface area contributed by atoms with Gasteiger partial charge in [-0.25, -0.2) is 4.39 Å². The second-order valence-corrected chi connectivity index (χ2v) is 6.70. The lowest BCUT2D eigenvalue weighted by molar-refractivity contribution is -0.139. The molecule has 3 atom stereocenters. The van der Waals surface area contributed by atoms with Crippen molar-refractivity contribution >= 4 is 23.5 Å². The van der Waals surface area contributed by atoms with Gasteiger partial charge in [0, 0.05) is 6.61 Å². The number of halogens is 2. The summed E-state index contributed by atoms with van der Waals surface area (Å²) in [6.45, 7) is 2.57. The Morgan fingerprint density at radius 1 is 1.46 bits per heavy atom. The molecule has 6 nitrogen and oxygen atoms in total. The van der Waals surface area contributed by atoms with Crippen LogP contribution in [0.2, 0.25) is 5.02 Å². The first-order chi connectivity index (χ1) is 12.4. The Kier molecular flexibility index (Phi) is 7.81. The fourth-order valence-electron chi connectivity index (χ4n) is 2.71. The van der Waals surface area contributed by atoms with Crippen LogP contribution in [-0.2, 0) is 19.1 Å². The summed E-state index contributed by atoms with van der Waals surface area (Å²) in [6, 6.07) is 3.05. The first-order valence-corrected chi connectivity index (χ1v) is 8.95. The molecule has 1 aliphatic rings. The lowest BCUT2D eigenvalue weighted by Crippen LogP contribution is -2.39. The number of carbonyl (C=O) groups excluding carboxylic acids is 1. The summed E-state index contributed by atoms with van der Waals surface area (Å²) in [5.74, 6) is -2.26. The molecular formula is C18H23ClFNO5. The molecule has 3 unspecified atom stereocenters. The summed E-state index contributed by atoms with van der Waals surface area (Å²) >= 11 is 5.65. The predicted molar refractivity (Wildman–Crippen MR) is 93.6 cm³/mol. The van der Waals surface area contributed by atoms with E-state index in [4.69, 9.17) is 26.2 Å². The van der Waals surface area contributed by atoms with Crippen LogP contribution in [0.5, 0.6) is 0 Å². The van der Waals surface area contributed by atoms with Crippen LogP contribution in [-0.4, -0.2) is 42.4 Å². The molecule has 26 heavy (non-hydrogen) atoms. The molecule has 0 aromatic heterocycles. The van der Waals surface area contributed by atoms with Crippen LogP contribution in [0.25, 0.3) is 0 Å². The Morgan fingerprint density at radius 3 is 2.85 bits per heavy atom. The van der Waals surface area contributed by atoms with Gasteiger partial charge >= 0.3 is 5.97 Å². The van der Waals surface area contributed by atoms with Crippen molar-refractivity contribution in [3.8, 4) is 0 Å². The average Bonchev–Trinajstić information content (AvgIpc) is 2.61. The smallest absolute Gasteiger partial charge is 0.305 e. The lowest BCUT2D eigenvalue weighted by atomic mass is 10.0. The van der Waals surface area contributed by atoms with E-state index in [1.165, 1.54) is 12.1 Å². The minimum absolute atomic E-state index is 0.0285. The molecule has 0 aliphatic carbocycles. The number of amides is 1. The summed E-state index contributed by atoms with van der Waals surface area (Å²) < 4.78 is 24.8. The van der Waals surface area contributed by atoms with E-state index in [1.54, 1.807) is 6.92 Å². The second kappa shape index (κ2) is 9.85. The SMILES string of the molecule is CC(OCC1CCCCO1)C(=O)NC(CC(=O)O)c1ccc(Cl)c(F)c1. The number of carboxylic acids is 1. The van der Waals surface area contributed by atoms with Crippen molar-refractivity contribution < 1.29 is 28.6 Å². The zero-order valence-electron chi connectivity index (χ0n) is 14.5. The third-order valence-electron chi connectivity index (χ3n) is 4.22. The van der Waals surface area contributed by atoms with Crippen LogP contribution < -0.4 is 5.32 Å². The molecule has 1 aliphatic heterocycles. The Hall–Kier alpha value is -1.70. The number of hydrogen-bond acceptors (Lipinski definition) is 4. The van der Waals surface area contributed by atoms with Gasteiger partial charge in [-0.05, 0) is 43.9 Å². The lowest BCUT2D eigenvalue weighted by Gasteiger charge is -2.25. The quantitative estimate of drug-likeness (QED) is 0.716. The Morgan fingerprint density at radius 2 is 2.23 bits per heavy atom. The summed E-state index contributed by atoms with van der Waals surface area (Å²) in [7, 11) is 0. The molecule has 2 N–H and O–H groups in total. The molecule has 1 aromatic rings. The van der Waals surface area contributed by atoms with E-state index in [9.17, 15) is 14.0 Å². The third kappa shape index (κ3) is 6.23. The topological polar surface area (TPSA) is 84.9 Å². The first kappa shape index (κ1) is 20.6. The Labute approximate surface area is 156 Å². The van der Waals surface area contributed by atoms with Gasteiger partial charge < -0.3 is 19.9 Å². The average molecular weight is 388 g/mol. The molecule has 8 heteroatoms. The fourth-order valence-corrected chi connectivity index (χ4v) is 2.83. The van der Waals surface area contributed by atoms with Gasteiger partial charge in [-0.1, -0.05) is 17.7 Å². The van der Waals surface area contributed by atoms with Crippen LogP contribution >= 0.6 is 11.6 Å². The molecule has 0 bridgehead atoms. The van der Waals surface area contributed by atoms with Crippen LogP contribution in [0, 0.1) is 5.82 Å². The number of rotatable bonds is 8. The summed E-state index contributed by atoms with van der Waals surface area (Å²) in [5.41, 5.74) is 0.325. The summed E-state index contributed by atoms with van der Waals surface area (Å²) in [5, 5.41) is 11.6. The van der Waals surface area contributed by atoms with Crippen LogP contribution in [0.15, 0.2) is 18.2 Å². The van der Waals surface area contributed by atoms with E-state index in [-0.39, 0.29) is 17.5 Å². The maximum Gasteiger partial charge on any atom is 0.305 e. The molecule has 0 spiro atoms. The first-order valence-electron chi connectivity index (χ1n) is 8.57. The Balaban J connectivity index is 1.96. The molecular weight excluding hydrogens is 365 g/mol. The van der Waals surface area contributed by atoms with Crippen LogP contribution in [0.1, 0.15) is 44.2 Å². The number of carboxylic acid groups (broad SMARTS) is 1. The van der Waals surface area contributed by atoms with E-state index in [0.717, 1.165) is 25.3 Å². The maximum atomic E-state index is 13.7. The molecule has 1 saturated heterocycles. The molecule has 2 rings (SSSR count). The zero-order chi connectivity index (χ0) is 19.1. The van der Waals surface area contributed by atoms with Gasteiger partial charge in [0.05, 0.1) is 30.2 Å². The molecule has 0 radical (unpaired) electrons.